The van der Waals surface area contributed by atoms with Crippen molar-refractivity contribution in [2.75, 3.05) is 6.54 Å². The van der Waals surface area contributed by atoms with Crippen LogP contribution in [0.1, 0.15) is 150 Å². The van der Waals surface area contributed by atoms with Gasteiger partial charge >= 0.3 is 0 Å². The molecule has 0 aromatic carbocycles. The van der Waals surface area contributed by atoms with E-state index < -0.39 is 0 Å². The Balaban J connectivity index is 3.17. The maximum Gasteiger partial charge on any atom is 0.00412 e. The van der Waals surface area contributed by atoms with E-state index in [1.807, 2.05) is 0 Å². The maximum atomic E-state index is 2.63. The molecule has 0 saturated heterocycles. The molecule has 27 heavy (non-hydrogen) atoms. The van der Waals surface area contributed by atoms with Crippen molar-refractivity contribution in [1.82, 2.24) is 4.90 Å². The van der Waals surface area contributed by atoms with Gasteiger partial charge in [0.25, 0.3) is 0 Å². The van der Waals surface area contributed by atoms with Crippen molar-refractivity contribution in [3.63, 3.8) is 0 Å². The zero-order valence-corrected chi connectivity index (χ0v) is 20.0. The Morgan fingerprint density at radius 3 is 0.926 bits per heavy atom. The van der Waals surface area contributed by atoms with Crippen LogP contribution in [0.3, 0.4) is 0 Å². The van der Waals surface area contributed by atoms with Gasteiger partial charge in [-0.25, -0.2) is 0 Å². The molecule has 0 bridgehead atoms. The van der Waals surface area contributed by atoms with Gasteiger partial charge < -0.3 is 0 Å². The summed E-state index contributed by atoms with van der Waals surface area (Å²) in [4.78, 5) is 2.63. The second-order valence-electron chi connectivity index (χ2n) is 9.44. The van der Waals surface area contributed by atoms with Crippen molar-refractivity contribution < 1.29 is 0 Å². The third-order valence-corrected chi connectivity index (χ3v) is 6.10. The zero-order valence-electron chi connectivity index (χ0n) is 20.0. The van der Waals surface area contributed by atoms with Gasteiger partial charge in [0.15, 0.2) is 0 Å². The molecule has 0 amide bonds. The van der Waals surface area contributed by atoms with Gasteiger partial charge in [0.1, 0.15) is 0 Å². The first-order valence-corrected chi connectivity index (χ1v) is 12.8. The SMILES string of the molecule is CCCCCCCCCCCCCCCCCCCCN(C(C)C)C(C)C. The van der Waals surface area contributed by atoms with E-state index in [1.165, 1.54) is 122 Å². The van der Waals surface area contributed by atoms with Gasteiger partial charge in [-0.05, 0) is 40.7 Å². The lowest BCUT2D eigenvalue weighted by molar-refractivity contribution is 0.171. The number of nitrogens with zero attached hydrogens (tertiary/aromatic N) is 1. The van der Waals surface area contributed by atoms with Gasteiger partial charge in [-0.2, -0.15) is 0 Å². The van der Waals surface area contributed by atoms with E-state index in [1.54, 1.807) is 0 Å². The highest BCUT2D eigenvalue weighted by Gasteiger charge is 2.11. The quantitative estimate of drug-likeness (QED) is 0.179. The maximum absolute atomic E-state index is 2.63. The molecule has 0 aromatic rings. The summed E-state index contributed by atoms with van der Waals surface area (Å²) in [6, 6.07) is 1.38. The molecule has 164 valence electrons. The fourth-order valence-corrected chi connectivity index (χ4v) is 4.31. The van der Waals surface area contributed by atoms with Gasteiger partial charge in [-0.3, -0.25) is 4.90 Å². The van der Waals surface area contributed by atoms with Crippen LogP contribution in [-0.2, 0) is 0 Å². The molecule has 0 spiro atoms. The number of rotatable bonds is 21. The molecule has 0 radical (unpaired) electrons. The molecule has 1 heteroatoms. The van der Waals surface area contributed by atoms with E-state index >= 15 is 0 Å². The van der Waals surface area contributed by atoms with Crippen LogP contribution < -0.4 is 0 Å². The predicted molar refractivity (Wildman–Crippen MR) is 126 cm³/mol. The van der Waals surface area contributed by atoms with Crippen LogP contribution in [-0.4, -0.2) is 23.5 Å². The molecule has 0 unspecified atom stereocenters. The average molecular weight is 382 g/mol. The highest BCUT2D eigenvalue weighted by Crippen LogP contribution is 2.15. The van der Waals surface area contributed by atoms with Crippen molar-refractivity contribution in [3.8, 4) is 0 Å². The van der Waals surface area contributed by atoms with Gasteiger partial charge in [-0.15, -0.1) is 0 Å². The average Bonchev–Trinajstić information content (AvgIpc) is 2.63. The summed E-state index contributed by atoms with van der Waals surface area (Å²) in [5.41, 5.74) is 0. The van der Waals surface area contributed by atoms with Crippen LogP contribution >= 0.6 is 0 Å². The first-order chi connectivity index (χ1) is 13.1. The molecule has 1 nitrogen and oxygen atoms in total. The van der Waals surface area contributed by atoms with Crippen molar-refractivity contribution in [1.29, 1.82) is 0 Å². The summed E-state index contributed by atoms with van der Waals surface area (Å²) in [6.45, 7) is 12.9. The molecular formula is C26H55N. The molecule has 0 aliphatic carbocycles. The van der Waals surface area contributed by atoms with E-state index in [2.05, 4.69) is 39.5 Å². The topological polar surface area (TPSA) is 3.24 Å². The van der Waals surface area contributed by atoms with Gasteiger partial charge in [0.2, 0.25) is 0 Å². The molecule has 0 fully saturated rings. The summed E-state index contributed by atoms with van der Waals surface area (Å²) in [5, 5.41) is 0. The smallest absolute Gasteiger partial charge is 0.00412 e. The Labute approximate surface area is 174 Å². The van der Waals surface area contributed by atoms with E-state index in [9.17, 15) is 0 Å². The highest BCUT2D eigenvalue weighted by atomic mass is 15.2. The van der Waals surface area contributed by atoms with Crippen molar-refractivity contribution >= 4 is 0 Å². The second kappa shape index (κ2) is 20.7. The lowest BCUT2D eigenvalue weighted by Crippen LogP contribution is -2.37. The summed E-state index contributed by atoms with van der Waals surface area (Å²) in [6.07, 6.45) is 26.3. The van der Waals surface area contributed by atoms with E-state index in [-0.39, 0.29) is 0 Å². The summed E-state index contributed by atoms with van der Waals surface area (Å²) in [7, 11) is 0. The molecule has 0 N–H and O–H groups in total. The molecule has 0 atom stereocenters. The highest BCUT2D eigenvalue weighted by molar-refractivity contribution is 4.67. The van der Waals surface area contributed by atoms with Crippen LogP contribution in [0.5, 0.6) is 0 Å². The summed E-state index contributed by atoms with van der Waals surface area (Å²) in [5.74, 6) is 0. The number of hydrogen-bond donors (Lipinski definition) is 0. The van der Waals surface area contributed by atoms with Crippen LogP contribution in [0.2, 0.25) is 0 Å². The Bertz CT molecular complexity index is 263. The lowest BCUT2D eigenvalue weighted by Gasteiger charge is -2.30. The Morgan fingerprint density at radius 1 is 0.407 bits per heavy atom. The monoisotopic (exact) mass is 381 g/mol. The normalized spacial score (nSPS) is 12.0. The van der Waals surface area contributed by atoms with E-state index in [0.717, 1.165) is 0 Å². The fourth-order valence-electron chi connectivity index (χ4n) is 4.31. The van der Waals surface area contributed by atoms with Gasteiger partial charge in [0, 0.05) is 12.1 Å². The standard InChI is InChI=1S/C26H55N/c1-6-7-8-9-10-11-12-13-14-15-16-17-18-19-20-21-22-23-24-27(25(2)3)26(4)5/h25-26H,6-24H2,1-5H3. The minimum atomic E-state index is 0.691. The molecule has 0 aliphatic heterocycles. The molecule has 0 rings (SSSR count). The Hall–Kier alpha value is -0.0400. The minimum Gasteiger partial charge on any atom is -0.299 e. The van der Waals surface area contributed by atoms with Crippen LogP contribution in [0, 0.1) is 0 Å². The molecule has 0 saturated carbocycles. The van der Waals surface area contributed by atoms with Gasteiger partial charge in [0.05, 0.1) is 0 Å². The van der Waals surface area contributed by atoms with E-state index in [0.29, 0.717) is 12.1 Å². The third kappa shape index (κ3) is 19.1. The zero-order chi connectivity index (χ0) is 20.2. The third-order valence-electron chi connectivity index (χ3n) is 6.10. The molecule has 0 aliphatic rings. The van der Waals surface area contributed by atoms with Crippen LogP contribution in [0.25, 0.3) is 0 Å². The van der Waals surface area contributed by atoms with Crippen molar-refractivity contribution in [2.24, 2.45) is 0 Å². The lowest BCUT2D eigenvalue weighted by atomic mass is 10.0. The predicted octanol–water partition coefficient (Wildman–Crippen LogP) is 9.15. The summed E-state index contributed by atoms with van der Waals surface area (Å²) >= 11 is 0. The molecular weight excluding hydrogens is 326 g/mol. The summed E-state index contributed by atoms with van der Waals surface area (Å²) < 4.78 is 0. The number of unbranched alkanes of at least 4 members (excludes halogenated alkanes) is 17. The van der Waals surface area contributed by atoms with Crippen molar-refractivity contribution in [2.45, 2.75) is 162 Å². The first-order valence-electron chi connectivity index (χ1n) is 12.8. The van der Waals surface area contributed by atoms with E-state index in [4.69, 9.17) is 0 Å². The largest absolute Gasteiger partial charge is 0.299 e. The second-order valence-corrected chi connectivity index (χ2v) is 9.44. The Morgan fingerprint density at radius 2 is 0.667 bits per heavy atom. The fraction of sp³-hybridized carbons (Fsp3) is 1.00. The van der Waals surface area contributed by atoms with Crippen LogP contribution in [0.4, 0.5) is 0 Å². The van der Waals surface area contributed by atoms with Crippen LogP contribution in [0.15, 0.2) is 0 Å². The van der Waals surface area contributed by atoms with Gasteiger partial charge in [-0.1, -0.05) is 116 Å². The van der Waals surface area contributed by atoms with Crippen molar-refractivity contribution in [3.05, 3.63) is 0 Å². The number of hydrogen-bond acceptors (Lipinski definition) is 1. The molecule has 0 aromatic heterocycles. The first kappa shape index (κ1) is 27.0. The Kier molecular flexibility index (Phi) is 20.7. The molecule has 0 heterocycles. The minimum absolute atomic E-state index is 0.691.